The second kappa shape index (κ2) is 12.5. The zero-order valence-corrected chi connectivity index (χ0v) is 21.8. The number of hydrogen-bond donors (Lipinski definition) is 5. The molecule has 1 aromatic carbocycles. The molecule has 2 aromatic rings. The molecular formula is C27H34N4O7. The van der Waals surface area contributed by atoms with E-state index in [9.17, 15) is 29.4 Å². The van der Waals surface area contributed by atoms with E-state index in [1.54, 1.807) is 50.5 Å². The number of aliphatic hydroxyl groups is 1. The molecule has 5 N–H and O–H groups in total. The summed E-state index contributed by atoms with van der Waals surface area (Å²) in [7, 11) is 0. The Kier molecular flexibility index (Phi) is 9.40. The summed E-state index contributed by atoms with van der Waals surface area (Å²) in [6, 6.07) is 6.10. The first-order valence-electron chi connectivity index (χ1n) is 12.5. The maximum atomic E-state index is 13.6. The predicted octanol–water partition coefficient (Wildman–Crippen LogP) is 0.696. The lowest BCUT2D eigenvalue weighted by Gasteiger charge is -2.34. The number of amides is 3. The first kappa shape index (κ1) is 28.6. The largest absolute Gasteiger partial charge is 0.507 e. The van der Waals surface area contributed by atoms with Gasteiger partial charge in [-0.2, -0.15) is 0 Å². The van der Waals surface area contributed by atoms with Crippen molar-refractivity contribution in [1.82, 2.24) is 20.9 Å². The zero-order chi connectivity index (χ0) is 28.0. The normalized spacial score (nSPS) is 26.8. The number of para-hydroxylation sites is 1. The molecule has 0 aliphatic carbocycles. The van der Waals surface area contributed by atoms with Crippen molar-refractivity contribution < 1.29 is 34.1 Å². The fourth-order valence-corrected chi connectivity index (χ4v) is 4.21. The number of hydrogen-bond acceptors (Lipinski definition) is 8. The Morgan fingerprint density at radius 3 is 2.42 bits per heavy atom. The number of carbonyl (C=O) groups is 4. The molecule has 0 spiro atoms. The standard InChI is InChI=1S/C27H34N4O7/c1-14(2)23-26(36)29-16(4)21(31-24(34)18-9-5-6-10-20(18)32)25(35)30-19(12-17-8-7-11-28-13-17)22(33)15(3)27(37)38-23/h5-11,13-16,19,21-23,32-33H,12H2,1-4H3,(H,29,36)(H,30,35)(H,31,34). The van der Waals surface area contributed by atoms with Gasteiger partial charge in [0.15, 0.2) is 6.10 Å². The molecule has 0 saturated carbocycles. The van der Waals surface area contributed by atoms with E-state index in [1.165, 1.54) is 26.0 Å². The predicted molar refractivity (Wildman–Crippen MR) is 137 cm³/mol. The Hall–Kier alpha value is -3.99. The summed E-state index contributed by atoms with van der Waals surface area (Å²) in [6.45, 7) is 6.37. The number of aliphatic hydroxyl groups excluding tert-OH is 1. The summed E-state index contributed by atoms with van der Waals surface area (Å²) in [5.41, 5.74) is 0.639. The fourth-order valence-electron chi connectivity index (χ4n) is 4.21. The highest BCUT2D eigenvalue weighted by Crippen LogP contribution is 2.19. The molecule has 1 aliphatic heterocycles. The van der Waals surface area contributed by atoms with Gasteiger partial charge in [0.05, 0.1) is 29.7 Å². The van der Waals surface area contributed by atoms with Crippen LogP contribution in [0.25, 0.3) is 0 Å². The third-order valence-electron chi connectivity index (χ3n) is 6.50. The van der Waals surface area contributed by atoms with Crippen molar-refractivity contribution in [1.29, 1.82) is 0 Å². The van der Waals surface area contributed by atoms with E-state index in [2.05, 4.69) is 20.9 Å². The maximum absolute atomic E-state index is 13.6. The van der Waals surface area contributed by atoms with E-state index in [-0.39, 0.29) is 17.7 Å². The number of aromatic hydroxyl groups is 1. The molecule has 204 valence electrons. The molecule has 3 amide bonds. The minimum absolute atomic E-state index is 0.0560. The molecule has 38 heavy (non-hydrogen) atoms. The van der Waals surface area contributed by atoms with Crippen molar-refractivity contribution in [2.75, 3.05) is 0 Å². The van der Waals surface area contributed by atoms with Crippen LogP contribution in [0.2, 0.25) is 0 Å². The monoisotopic (exact) mass is 526 g/mol. The molecule has 2 heterocycles. The van der Waals surface area contributed by atoms with Crippen LogP contribution in [0.15, 0.2) is 48.8 Å². The van der Waals surface area contributed by atoms with Gasteiger partial charge < -0.3 is 30.9 Å². The molecule has 3 rings (SSSR count). The van der Waals surface area contributed by atoms with Crippen molar-refractivity contribution in [3.05, 3.63) is 59.9 Å². The number of phenols is 1. The summed E-state index contributed by atoms with van der Waals surface area (Å²) in [6.07, 6.45) is 0.723. The third-order valence-corrected chi connectivity index (χ3v) is 6.50. The molecule has 1 saturated heterocycles. The molecule has 6 atom stereocenters. The molecule has 11 nitrogen and oxygen atoms in total. The summed E-state index contributed by atoms with van der Waals surface area (Å²) >= 11 is 0. The number of ether oxygens (including phenoxy) is 1. The van der Waals surface area contributed by atoms with Gasteiger partial charge in [0.25, 0.3) is 11.8 Å². The first-order valence-corrected chi connectivity index (χ1v) is 12.5. The van der Waals surface area contributed by atoms with Gasteiger partial charge in [-0.05, 0) is 49.9 Å². The number of benzene rings is 1. The number of carbonyl (C=O) groups excluding carboxylic acids is 4. The number of cyclic esters (lactones) is 1. The number of nitrogens with zero attached hydrogens (tertiary/aromatic N) is 1. The Bertz CT molecular complexity index is 1160. The molecule has 6 unspecified atom stereocenters. The van der Waals surface area contributed by atoms with Crippen LogP contribution >= 0.6 is 0 Å². The van der Waals surface area contributed by atoms with Crippen LogP contribution in [0.1, 0.15) is 43.6 Å². The lowest BCUT2D eigenvalue weighted by Crippen LogP contribution is -2.62. The molecular weight excluding hydrogens is 492 g/mol. The Balaban J connectivity index is 1.99. The second-order valence-corrected chi connectivity index (χ2v) is 9.83. The molecule has 1 aromatic heterocycles. The van der Waals surface area contributed by atoms with Crippen molar-refractivity contribution in [2.24, 2.45) is 11.8 Å². The van der Waals surface area contributed by atoms with Crippen molar-refractivity contribution in [3.63, 3.8) is 0 Å². The Morgan fingerprint density at radius 2 is 1.79 bits per heavy atom. The molecule has 0 radical (unpaired) electrons. The average molecular weight is 527 g/mol. The van der Waals surface area contributed by atoms with Crippen LogP contribution < -0.4 is 16.0 Å². The smallest absolute Gasteiger partial charge is 0.312 e. The van der Waals surface area contributed by atoms with Gasteiger partial charge in [-0.15, -0.1) is 0 Å². The summed E-state index contributed by atoms with van der Waals surface area (Å²) in [5.74, 6) is -4.64. The number of nitrogens with one attached hydrogen (secondary N) is 3. The van der Waals surface area contributed by atoms with Gasteiger partial charge in [-0.1, -0.05) is 32.0 Å². The quantitative estimate of drug-likeness (QED) is 0.355. The highest BCUT2D eigenvalue weighted by molar-refractivity contribution is 6.00. The Morgan fingerprint density at radius 1 is 1.08 bits per heavy atom. The highest BCUT2D eigenvalue weighted by Gasteiger charge is 2.39. The summed E-state index contributed by atoms with van der Waals surface area (Å²) in [5, 5.41) is 29.2. The number of pyridine rings is 1. The van der Waals surface area contributed by atoms with Gasteiger partial charge in [-0.25, -0.2) is 0 Å². The van der Waals surface area contributed by atoms with Crippen LogP contribution in [-0.2, 0) is 25.5 Å². The van der Waals surface area contributed by atoms with E-state index in [4.69, 9.17) is 4.74 Å². The number of aromatic nitrogens is 1. The minimum atomic E-state index is -1.38. The SMILES string of the molecule is CC(C)C1OC(=O)C(C)C(O)C(Cc2cccnc2)NC(=O)C(NC(=O)c2ccccc2O)C(C)NC1=O. The van der Waals surface area contributed by atoms with Crippen molar-refractivity contribution >= 4 is 23.7 Å². The minimum Gasteiger partial charge on any atom is -0.507 e. The topological polar surface area (TPSA) is 167 Å². The molecule has 0 bridgehead atoms. The van der Waals surface area contributed by atoms with E-state index < -0.39 is 65.9 Å². The molecule has 1 aliphatic rings. The first-order chi connectivity index (χ1) is 18.0. The highest BCUT2D eigenvalue weighted by atomic mass is 16.5. The zero-order valence-electron chi connectivity index (χ0n) is 21.8. The average Bonchev–Trinajstić information content (AvgIpc) is 2.88. The van der Waals surface area contributed by atoms with Gasteiger partial charge >= 0.3 is 5.97 Å². The van der Waals surface area contributed by atoms with Crippen LogP contribution in [-0.4, -0.2) is 69.2 Å². The Labute approximate surface area is 221 Å². The van der Waals surface area contributed by atoms with E-state index >= 15 is 0 Å². The summed E-state index contributed by atoms with van der Waals surface area (Å²) in [4.78, 5) is 56.6. The van der Waals surface area contributed by atoms with Gasteiger partial charge in [-0.3, -0.25) is 24.2 Å². The van der Waals surface area contributed by atoms with Gasteiger partial charge in [0.2, 0.25) is 5.91 Å². The van der Waals surface area contributed by atoms with Crippen LogP contribution in [0.4, 0.5) is 0 Å². The van der Waals surface area contributed by atoms with Crippen molar-refractivity contribution in [3.8, 4) is 5.75 Å². The number of esters is 1. The second-order valence-electron chi connectivity index (χ2n) is 9.83. The van der Waals surface area contributed by atoms with Crippen LogP contribution in [0.3, 0.4) is 0 Å². The van der Waals surface area contributed by atoms with Crippen LogP contribution in [0, 0.1) is 11.8 Å². The number of rotatable bonds is 5. The van der Waals surface area contributed by atoms with Crippen LogP contribution in [0.5, 0.6) is 5.75 Å². The third kappa shape index (κ3) is 6.86. The van der Waals surface area contributed by atoms with Gasteiger partial charge in [0.1, 0.15) is 11.8 Å². The lowest BCUT2D eigenvalue weighted by molar-refractivity contribution is -0.166. The molecule has 1 fully saturated rings. The van der Waals surface area contributed by atoms with E-state index in [0.29, 0.717) is 5.56 Å². The van der Waals surface area contributed by atoms with Gasteiger partial charge in [0, 0.05) is 12.4 Å². The number of phenolic OH excluding ortho intramolecular Hbond substituents is 1. The molecule has 11 heteroatoms. The van der Waals surface area contributed by atoms with E-state index in [0.717, 1.165) is 0 Å². The van der Waals surface area contributed by atoms with E-state index in [1.807, 2.05) is 0 Å². The maximum Gasteiger partial charge on any atom is 0.312 e. The lowest BCUT2D eigenvalue weighted by atomic mass is 9.92. The fraction of sp³-hybridized carbons (Fsp3) is 0.444. The van der Waals surface area contributed by atoms with Crippen molar-refractivity contribution in [2.45, 2.75) is 64.4 Å². The summed E-state index contributed by atoms with van der Waals surface area (Å²) < 4.78 is 5.50.